The summed E-state index contributed by atoms with van der Waals surface area (Å²) in [6.07, 6.45) is 5.79. The second-order valence-electron chi connectivity index (χ2n) is 5.96. The van der Waals surface area contributed by atoms with Crippen molar-refractivity contribution in [2.75, 3.05) is 0 Å². The van der Waals surface area contributed by atoms with Crippen molar-refractivity contribution in [2.45, 2.75) is 43.9 Å². The van der Waals surface area contributed by atoms with E-state index in [9.17, 15) is 0 Å². The zero-order valence-electron chi connectivity index (χ0n) is 11.3. The summed E-state index contributed by atoms with van der Waals surface area (Å²) in [5.74, 6) is 2.00. The third kappa shape index (κ3) is 2.33. The van der Waals surface area contributed by atoms with Gasteiger partial charge >= 0.3 is 0 Å². The number of fused-ring (bicyclic) bond motifs is 1. The van der Waals surface area contributed by atoms with Crippen molar-refractivity contribution in [1.82, 2.24) is 9.97 Å². The lowest BCUT2D eigenvalue weighted by molar-refractivity contribution is 0.552. The highest BCUT2D eigenvalue weighted by molar-refractivity contribution is 6.29. The van der Waals surface area contributed by atoms with Crippen LogP contribution in [0.15, 0.2) is 30.3 Å². The Balaban J connectivity index is 1.65. The van der Waals surface area contributed by atoms with Gasteiger partial charge in [-0.2, -0.15) is 0 Å². The Hall–Kier alpha value is -1.41. The van der Waals surface area contributed by atoms with Crippen LogP contribution in [0, 0.1) is 0 Å². The molecular formula is C17H17ClN2. The summed E-state index contributed by atoms with van der Waals surface area (Å²) in [5, 5.41) is 0.607. The van der Waals surface area contributed by atoms with E-state index in [0.29, 0.717) is 17.0 Å². The minimum absolute atomic E-state index is 0.418. The molecule has 0 N–H and O–H groups in total. The molecule has 20 heavy (non-hydrogen) atoms. The van der Waals surface area contributed by atoms with Crippen molar-refractivity contribution < 1.29 is 0 Å². The first-order chi connectivity index (χ1) is 9.79. The molecule has 1 unspecified atom stereocenters. The average molecular weight is 285 g/mol. The predicted octanol–water partition coefficient (Wildman–Crippen LogP) is 4.28. The summed E-state index contributed by atoms with van der Waals surface area (Å²) in [6.45, 7) is 0. The molecule has 3 heteroatoms. The lowest BCUT2D eigenvalue weighted by atomic mass is 9.83. The van der Waals surface area contributed by atoms with E-state index in [4.69, 9.17) is 16.6 Å². The first-order valence-corrected chi connectivity index (χ1v) is 7.78. The SMILES string of the molecule is Clc1cc(C2CC2)nc(C2CCc3ccccc3C2)n1. The van der Waals surface area contributed by atoms with E-state index in [0.717, 1.165) is 30.8 Å². The van der Waals surface area contributed by atoms with E-state index in [-0.39, 0.29) is 0 Å². The first-order valence-electron chi connectivity index (χ1n) is 7.41. The van der Waals surface area contributed by atoms with Crippen LogP contribution in [0.2, 0.25) is 5.15 Å². The molecule has 1 heterocycles. The van der Waals surface area contributed by atoms with E-state index in [1.54, 1.807) is 0 Å². The molecule has 1 atom stereocenters. The molecule has 1 aromatic heterocycles. The Kier molecular flexibility index (Phi) is 2.99. The maximum atomic E-state index is 6.19. The summed E-state index contributed by atoms with van der Waals surface area (Å²) < 4.78 is 0. The van der Waals surface area contributed by atoms with Crippen LogP contribution >= 0.6 is 11.6 Å². The van der Waals surface area contributed by atoms with E-state index < -0.39 is 0 Å². The van der Waals surface area contributed by atoms with Gasteiger partial charge in [0.25, 0.3) is 0 Å². The summed E-state index contributed by atoms with van der Waals surface area (Å²) in [7, 11) is 0. The molecule has 2 aliphatic rings. The molecule has 2 aliphatic carbocycles. The second kappa shape index (κ2) is 4.85. The minimum Gasteiger partial charge on any atom is -0.237 e. The number of hydrogen-bond acceptors (Lipinski definition) is 2. The zero-order valence-corrected chi connectivity index (χ0v) is 12.1. The van der Waals surface area contributed by atoms with Crippen LogP contribution in [-0.4, -0.2) is 9.97 Å². The number of hydrogen-bond donors (Lipinski definition) is 0. The van der Waals surface area contributed by atoms with Gasteiger partial charge in [0.15, 0.2) is 0 Å². The Bertz CT molecular complexity index is 649. The number of halogens is 1. The van der Waals surface area contributed by atoms with Crippen molar-refractivity contribution in [3.63, 3.8) is 0 Å². The van der Waals surface area contributed by atoms with Crippen LogP contribution < -0.4 is 0 Å². The molecule has 0 amide bonds. The van der Waals surface area contributed by atoms with E-state index in [1.165, 1.54) is 24.0 Å². The van der Waals surface area contributed by atoms with Crippen LogP contribution in [-0.2, 0) is 12.8 Å². The van der Waals surface area contributed by atoms with Gasteiger partial charge in [-0.05, 0) is 49.3 Å². The van der Waals surface area contributed by atoms with Gasteiger partial charge in [0.05, 0.1) is 0 Å². The van der Waals surface area contributed by atoms with Crippen LogP contribution in [0.1, 0.15) is 53.7 Å². The fourth-order valence-corrected chi connectivity index (χ4v) is 3.34. The first kappa shape index (κ1) is 12.3. The number of aryl methyl sites for hydroxylation is 1. The molecule has 0 radical (unpaired) electrons. The van der Waals surface area contributed by atoms with Crippen molar-refractivity contribution in [3.8, 4) is 0 Å². The van der Waals surface area contributed by atoms with E-state index in [2.05, 4.69) is 29.2 Å². The highest BCUT2D eigenvalue weighted by Crippen LogP contribution is 2.40. The average Bonchev–Trinajstić information content (AvgIpc) is 3.31. The lowest BCUT2D eigenvalue weighted by Gasteiger charge is -2.23. The smallest absolute Gasteiger partial charge is 0.133 e. The van der Waals surface area contributed by atoms with Crippen LogP contribution in [0.25, 0.3) is 0 Å². The monoisotopic (exact) mass is 284 g/mol. The van der Waals surface area contributed by atoms with Gasteiger partial charge in [-0.25, -0.2) is 9.97 Å². The van der Waals surface area contributed by atoms with Gasteiger partial charge in [0.2, 0.25) is 0 Å². The molecule has 1 fully saturated rings. The minimum atomic E-state index is 0.418. The van der Waals surface area contributed by atoms with Gasteiger partial charge in [-0.1, -0.05) is 35.9 Å². The molecule has 0 saturated heterocycles. The summed E-state index contributed by atoms with van der Waals surface area (Å²) in [5.41, 5.74) is 4.08. The Morgan fingerprint density at radius 3 is 2.55 bits per heavy atom. The topological polar surface area (TPSA) is 25.8 Å². The fourth-order valence-electron chi connectivity index (χ4n) is 3.14. The molecule has 4 rings (SSSR count). The summed E-state index contributed by atoms with van der Waals surface area (Å²) in [6, 6.07) is 10.7. The predicted molar refractivity (Wildman–Crippen MR) is 80.2 cm³/mol. The molecule has 102 valence electrons. The highest BCUT2D eigenvalue weighted by atomic mass is 35.5. The Morgan fingerprint density at radius 2 is 1.75 bits per heavy atom. The molecule has 1 saturated carbocycles. The maximum absolute atomic E-state index is 6.19. The van der Waals surface area contributed by atoms with Crippen molar-refractivity contribution in [3.05, 3.63) is 58.1 Å². The standard InChI is InChI=1S/C17H17ClN2/c18-16-10-15(12-6-7-12)19-17(20-16)14-8-5-11-3-1-2-4-13(11)9-14/h1-4,10,12,14H,5-9H2. The maximum Gasteiger partial charge on any atom is 0.133 e. The van der Waals surface area contributed by atoms with Crippen LogP contribution in [0.5, 0.6) is 0 Å². The molecular weight excluding hydrogens is 268 g/mol. The molecule has 2 nitrogen and oxygen atoms in total. The number of benzene rings is 1. The lowest BCUT2D eigenvalue weighted by Crippen LogP contribution is -2.16. The fraction of sp³-hybridized carbons (Fsp3) is 0.412. The van der Waals surface area contributed by atoms with E-state index in [1.807, 2.05) is 6.07 Å². The van der Waals surface area contributed by atoms with Crippen molar-refractivity contribution in [1.29, 1.82) is 0 Å². The molecule has 0 bridgehead atoms. The van der Waals surface area contributed by atoms with Crippen LogP contribution in [0.4, 0.5) is 0 Å². The van der Waals surface area contributed by atoms with Crippen molar-refractivity contribution >= 4 is 11.6 Å². The molecule has 1 aromatic carbocycles. The Morgan fingerprint density at radius 1 is 0.950 bits per heavy atom. The van der Waals surface area contributed by atoms with E-state index >= 15 is 0 Å². The van der Waals surface area contributed by atoms with Gasteiger partial charge in [-0.3, -0.25) is 0 Å². The molecule has 2 aromatic rings. The number of nitrogens with zero attached hydrogens (tertiary/aromatic N) is 2. The summed E-state index contributed by atoms with van der Waals surface area (Å²) >= 11 is 6.19. The summed E-state index contributed by atoms with van der Waals surface area (Å²) in [4.78, 5) is 9.29. The largest absolute Gasteiger partial charge is 0.237 e. The van der Waals surface area contributed by atoms with Gasteiger partial charge in [0, 0.05) is 17.5 Å². The van der Waals surface area contributed by atoms with Gasteiger partial charge in [0.1, 0.15) is 11.0 Å². The second-order valence-corrected chi connectivity index (χ2v) is 6.34. The van der Waals surface area contributed by atoms with Crippen molar-refractivity contribution in [2.24, 2.45) is 0 Å². The van der Waals surface area contributed by atoms with Gasteiger partial charge in [-0.15, -0.1) is 0 Å². The van der Waals surface area contributed by atoms with Gasteiger partial charge < -0.3 is 0 Å². The molecule has 0 aliphatic heterocycles. The normalized spacial score (nSPS) is 21.6. The Labute approximate surface area is 124 Å². The van der Waals surface area contributed by atoms with Crippen LogP contribution in [0.3, 0.4) is 0 Å². The zero-order chi connectivity index (χ0) is 13.5. The quantitative estimate of drug-likeness (QED) is 0.769. The number of aromatic nitrogens is 2. The number of rotatable bonds is 2. The molecule has 0 spiro atoms. The third-order valence-electron chi connectivity index (χ3n) is 4.44. The highest BCUT2D eigenvalue weighted by Gasteiger charge is 2.28. The third-order valence-corrected chi connectivity index (χ3v) is 4.63.